The Bertz CT molecular complexity index is 1020. The van der Waals surface area contributed by atoms with Crippen LogP contribution in [0.3, 0.4) is 0 Å². The van der Waals surface area contributed by atoms with Crippen molar-refractivity contribution in [2.45, 2.75) is 12.8 Å². The van der Waals surface area contributed by atoms with Crippen LogP contribution in [0, 0.1) is 0 Å². The van der Waals surface area contributed by atoms with E-state index in [2.05, 4.69) is 20.4 Å². The molecule has 0 radical (unpaired) electrons. The SMILES string of the molecule is O=C(Nc1cnc(-c2ccccc2)nc1)C1=NN(c2ccccc2)C(=O)CC1. The van der Waals surface area contributed by atoms with E-state index in [1.807, 2.05) is 48.5 Å². The smallest absolute Gasteiger partial charge is 0.271 e. The molecule has 1 aromatic heterocycles. The first-order valence-corrected chi connectivity index (χ1v) is 8.85. The average Bonchev–Trinajstić information content (AvgIpc) is 2.76. The van der Waals surface area contributed by atoms with E-state index in [0.717, 1.165) is 5.56 Å². The maximum Gasteiger partial charge on any atom is 0.271 e. The van der Waals surface area contributed by atoms with E-state index in [9.17, 15) is 9.59 Å². The van der Waals surface area contributed by atoms with E-state index < -0.39 is 0 Å². The third-order valence-electron chi connectivity index (χ3n) is 4.24. The number of aromatic nitrogens is 2. The van der Waals surface area contributed by atoms with Gasteiger partial charge in [-0.15, -0.1) is 0 Å². The molecule has 0 atom stereocenters. The number of hydrogen-bond donors (Lipinski definition) is 1. The van der Waals surface area contributed by atoms with E-state index in [1.54, 1.807) is 24.5 Å². The molecular formula is C21H17N5O2. The van der Waals surface area contributed by atoms with E-state index in [0.29, 0.717) is 17.2 Å². The number of amides is 2. The zero-order valence-corrected chi connectivity index (χ0v) is 14.9. The van der Waals surface area contributed by atoms with Crippen LogP contribution >= 0.6 is 0 Å². The van der Waals surface area contributed by atoms with Crippen molar-refractivity contribution < 1.29 is 9.59 Å². The Morgan fingerprint density at radius 1 is 0.893 bits per heavy atom. The van der Waals surface area contributed by atoms with Crippen LogP contribution in [-0.4, -0.2) is 27.5 Å². The summed E-state index contributed by atoms with van der Waals surface area (Å²) in [6, 6.07) is 18.6. The first-order chi connectivity index (χ1) is 13.7. The van der Waals surface area contributed by atoms with Gasteiger partial charge < -0.3 is 5.32 Å². The highest BCUT2D eigenvalue weighted by molar-refractivity contribution is 6.44. The van der Waals surface area contributed by atoms with E-state index in [4.69, 9.17) is 0 Å². The summed E-state index contributed by atoms with van der Waals surface area (Å²) in [6.45, 7) is 0. The average molecular weight is 371 g/mol. The fourth-order valence-corrected chi connectivity index (χ4v) is 2.82. The van der Waals surface area contributed by atoms with Gasteiger partial charge in [0.25, 0.3) is 5.91 Å². The summed E-state index contributed by atoms with van der Waals surface area (Å²) < 4.78 is 0. The lowest BCUT2D eigenvalue weighted by Crippen LogP contribution is -2.36. The maximum atomic E-state index is 12.6. The molecule has 0 saturated carbocycles. The zero-order chi connectivity index (χ0) is 19.3. The van der Waals surface area contributed by atoms with Gasteiger partial charge in [-0.05, 0) is 12.1 Å². The molecule has 7 nitrogen and oxygen atoms in total. The molecule has 2 aromatic carbocycles. The molecule has 28 heavy (non-hydrogen) atoms. The first kappa shape index (κ1) is 17.5. The second-order valence-corrected chi connectivity index (χ2v) is 6.20. The second-order valence-electron chi connectivity index (χ2n) is 6.20. The molecule has 1 N–H and O–H groups in total. The largest absolute Gasteiger partial charge is 0.318 e. The van der Waals surface area contributed by atoms with Crippen molar-refractivity contribution in [1.82, 2.24) is 9.97 Å². The van der Waals surface area contributed by atoms with Gasteiger partial charge >= 0.3 is 0 Å². The van der Waals surface area contributed by atoms with Crippen molar-refractivity contribution in [2.24, 2.45) is 5.10 Å². The van der Waals surface area contributed by atoms with Crippen LogP contribution in [0.15, 0.2) is 78.2 Å². The third-order valence-corrected chi connectivity index (χ3v) is 4.24. The Morgan fingerprint density at radius 2 is 1.54 bits per heavy atom. The number of para-hydroxylation sites is 1. The van der Waals surface area contributed by atoms with Gasteiger partial charge in [-0.3, -0.25) is 9.59 Å². The predicted octanol–water partition coefficient (Wildman–Crippen LogP) is 3.27. The molecule has 1 aliphatic rings. The minimum Gasteiger partial charge on any atom is -0.318 e. The number of carbonyl (C=O) groups is 2. The van der Waals surface area contributed by atoms with Gasteiger partial charge in [0.05, 0.1) is 23.8 Å². The molecule has 0 fully saturated rings. The lowest BCUT2D eigenvalue weighted by atomic mass is 10.1. The van der Waals surface area contributed by atoms with E-state index >= 15 is 0 Å². The van der Waals surface area contributed by atoms with Gasteiger partial charge in [0.2, 0.25) is 5.91 Å². The van der Waals surface area contributed by atoms with Crippen molar-refractivity contribution in [3.05, 3.63) is 73.1 Å². The Hall–Kier alpha value is -3.87. The van der Waals surface area contributed by atoms with Crippen molar-refractivity contribution in [3.63, 3.8) is 0 Å². The third kappa shape index (κ3) is 3.78. The molecular weight excluding hydrogens is 354 g/mol. The summed E-state index contributed by atoms with van der Waals surface area (Å²) in [5, 5.41) is 8.26. The van der Waals surface area contributed by atoms with Crippen LogP contribution in [0.25, 0.3) is 11.4 Å². The number of hydrogen-bond acceptors (Lipinski definition) is 5. The van der Waals surface area contributed by atoms with Crippen LogP contribution in [-0.2, 0) is 9.59 Å². The lowest BCUT2D eigenvalue weighted by Gasteiger charge is -2.23. The highest BCUT2D eigenvalue weighted by atomic mass is 16.2. The van der Waals surface area contributed by atoms with Gasteiger partial charge in [0, 0.05) is 18.4 Å². The quantitative estimate of drug-likeness (QED) is 0.762. The molecule has 0 spiro atoms. The minimum atomic E-state index is -0.371. The summed E-state index contributed by atoms with van der Waals surface area (Å²) in [5.41, 5.74) is 2.29. The standard InChI is InChI=1S/C21H17N5O2/c27-19-12-11-18(25-26(19)17-9-5-2-6-10-17)21(28)24-16-13-22-20(23-14-16)15-7-3-1-4-8-15/h1-10,13-14H,11-12H2,(H,24,28). The Labute approximate surface area is 161 Å². The molecule has 3 aromatic rings. The number of rotatable bonds is 4. The van der Waals surface area contributed by atoms with Gasteiger partial charge in [-0.2, -0.15) is 5.10 Å². The molecule has 4 rings (SSSR count). The van der Waals surface area contributed by atoms with E-state index in [1.165, 1.54) is 5.01 Å². The molecule has 138 valence electrons. The molecule has 0 bridgehead atoms. The van der Waals surface area contributed by atoms with E-state index in [-0.39, 0.29) is 30.4 Å². The second kappa shape index (κ2) is 7.79. The van der Waals surface area contributed by atoms with Gasteiger partial charge in [0.15, 0.2) is 5.82 Å². The van der Waals surface area contributed by atoms with Crippen LogP contribution in [0.2, 0.25) is 0 Å². The summed E-state index contributed by atoms with van der Waals surface area (Å²) >= 11 is 0. The van der Waals surface area contributed by atoms with Crippen molar-refractivity contribution in [2.75, 3.05) is 10.3 Å². The number of nitrogens with one attached hydrogen (secondary N) is 1. The van der Waals surface area contributed by atoms with Crippen LogP contribution in [0.4, 0.5) is 11.4 Å². The molecule has 2 amide bonds. The maximum absolute atomic E-state index is 12.6. The number of nitrogens with zero attached hydrogens (tertiary/aromatic N) is 4. The predicted molar refractivity (Wildman–Crippen MR) is 107 cm³/mol. The summed E-state index contributed by atoms with van der Waals surface area (Å²) in [7, 11) is 0. The molecule has 0 aliphatic carbocycles. The molecule has 0 unspecified atom stereocenters. The van der Waals surface area contributed by atoms with Crippen LogP contribution in [0.5, 0.6) is 0 Å². The Balaban J connectivity index is 1.49. The number of hydrazone groups is 1. The highest BCUT2D eigenvalue weighted by Crippen LogP contribution is 2.20. The van der Waals surface area contributed by atoms with Crippen molar-refractivity contribution in [3.8, 4) is 11.4 Å². The normalized spacial score (nSPS) is 13.8. The Kier molecular flexibility index (Phi) is 4.88. The fourth-order valence-electron chi connectivity index (χ4n) is 2.82. The van der Waals surface area contributed by atoms with Crippen LogP contribution < -0.4 is 10.3 Å². The van der Waals surface area contributed by atoms with Gasteiger partial charge in [0.1, 0.15) is 5.71 Å². The number of carbonyl (C=O) groups excluding carboxylic acids is 2. The van der Waals surface area contributed by atoms with Crippen molar-refractivity contribution in [1.29, 1.82) is 0 Å². The minimum absolute atomic E-state index is 0.140. The zero-order valence-electron chi connectivity index (χ0n) is 14.9. The molecule has 1 aliphatic heterocycles. The molecule has 7 heteroatoms. The summed E-state index contributed by atoms with van der Waals surface area (Å²) in [4.78, 5) is 33.3. The summed E-state index contributed by atoms with van der Waals surface area (Å²) in [6.07, 6.45) is 3.62. The monoisotopic (exact) mass is 371 g/mol. The fraction of sp³-hybridized carbons (Fsp3) is 0.0952. The van der Waals surface area contributed by atoms with Crippen LogP contribution in [0.1, 0.15) is 12.8 Å². The van der Waals surface area contributed by atoms with Gasteiger partial charge in [-0.25, -0.2) is 15.0 Å². The van der Waals surface area contributed by atoms with Crippen molar-refractivity contribution >= 4 is 28.9 Å². The number of anilines is 2. The number of benzene rings is 2. The Morgan fingerprint density at radius 3 is 2.21 bits per heavy atom. The summed E-state index contributed by atoms with van der Waals surface area (Å²) in [5.74, 6) is 0.0669. The molecule has 0 saturated heterocycles. The lowest BCUT2D eigenvalue weighted by molar-refractivity contribution is -0.118. The highest BCUT2D eigenvalue weighted by Gasteiger charge is 2.25. The van der Waals surface area contributed by atoms with Gasteiger partial charge in [-0.1, -0.05) is 48.5 Å². The molecule has 2 heterocycles. The topological polar surface area (TPSA) is 87.6 Å². The first-order valence-electron chi connectivity index (χ1n) is 8.85.